The molecular weight excluding hydrogens is 228 g/mol. The fourth-order valence-corrected chi connectivity index (χ4v) is 2.32. The molecule has 2 aromatic rings. The van der Waals surface area contributed by atoms with E-state index in [-0.39, 0.29) is 0 Å². The number of aromatic nitrogens is 1. The molecule has 0 aliphatic rings. The monoisotopic (exact) mass is 246 g/mol. The number of likely N-dealkylation sites (N-methyl/N-ethyl adjacent to an activating group) is 1. The van der Waals surface area contributed by atoms with Gasteiger partial charge >= 0.3 is 5.97 Å². The molecule has 2 rings (SSSR count). The molecule has 0 aliphatic carbocycles. The van der Waals surface area contributed by atoms with Gasteiger partial charge in [-0.15, -0.1) is 0 Å². The van der Waals surface area contributed by atoms with Crippen molar-refractivity contribution in [2.45, 2.75) is 25.9 Å². The van der Waals surface area contributed by atoms with Crippen LogP contribution in [0, 0.1) is 0 Å². The number of nitrogens with one attached hydrogen (secondary N) is 1. The molecule has 1 heterocycles. The van der Waals surface area contributed by atoms with Crippen LogP contribution in [-0.2, 0) is 11.3 Å². The largest absolute Gasteiger partial charge is 0.480 e. The Morgan fingerprint density at radius 1 is 1.44 bits per heavy atom. The summed E-state index contributed by atoms with van der Waals surface area (Å²) in [5.41, 5.74) is 2.22. The van der Waals surface area contributed by atoms with Crippen molar-refractivity contribution in [1.29, 1.82) is 0 Å². The number of carboxylic acid groups (broad SMARTS) is 1. The van der Waals surface area contributed by atoms with Crippen LogP contribution in [0.25, 0.3) is 10.9 Å². The lowest BCUT2D eigenvalue weighted by Crippen LogP contribution is -2.37. The van der Waals surface area contributed by atoms with Gasteiger partial charge in [0.1, 0.15) is 6.04 Å². The number of para-hydroxylation sites is 1. The molecule has 0 aliphatic heterocycles. The van der Waals surface area contributed by atoms with Crippen LogP contribution in [0.4, 0.5) is 0 Å². The smallest absolute Gasteiger partial charge is 0.320 e. The summed E-state index contributed by atoms with van der Waals surface area (Å²) in [5.74, 6) is -0.764. The van der Waals surface area contributed by atoms with E-state index in [9.17, 15) is 4.79 Å². The number of aromatic amines is 1. The van der Waals surface area contributed by atoms with Gasteiger partial charge in [-0.2, -0.15) is 0 Å². The Balaban J connectivity index is 2.21. The molecule has 96 valence electrons. The van der Waals surface area contributed by atoms with Crippen LogP contribution in [0.2, 0.25) is 0 Å². The van der Waals surface area contributed by atoms with Crippen LogP contribution < -0.4 is 0 Å². The molecule has 2 N–H and O–H groups in total. The second kappa shape index (κ2) is 5.23. The maximum Gasteiger partial charge on any atom is 0.320 e. The van der Waals surface area contributed by atoms with E-state index in [0.717, 1.165) is 16.5 Å². The second-order valence-corrected chi connectivity index (χ2v) is 4.54. The van der Waals surface area contributed by atoms with Gasteiger partial charge in [0, 0.05) is 23.6 Å². The van der Waals surface area contributed by atoms with Crippen LogP contribution >= 0.6 is 0 Å². The zero-order valence-electron chi connectivity index (χ0n) is 10.7. The van der Waals surface area contributed by atoms with Crippen molar-refractivity contribution in [2.75, 3.05) is 7.05 Å². The predicted molar refractivity (Wildman–Crippen MR) is 71.5 cm³/mol. The van der Waals surface area contributed by atoms with Crippen LogP contribution in [0.5, 0.6) is 0 Å². The first kappa shape index (κ1) is 12.6. The molecule has 1 unspecified atom stereocenters. The number of aliphatic carboxylic acids is 1. The minimum Gasteiger partial charge on any atom is -0.480 e. The van der Waals surface area contributed by atoms with Crippen LogP contribution in [0.3, 0.4) is 0 Å². The molecule has 0 radical (unpaired) electrons. The van der Waals surface area contributed by atoms with E-state index in [1.54, 1.807) is 0 Å². The topological polar surface area (TPSA) is 56.3 Å². The van der Waals surface area contributed by atoms with E-state index < -0.39 is 12.0 Å². The summed E-state index contributed by atoms with van der Waals surface area (Å²) in [6, 6.07) is 7.62. The number of carbonyl (C=O) groups is 1. The fourth-order valence-electron chi connectivity index (χ4n) is 2.32. The highest BCUT2D eigenvalue weighted by atomic mass is 16.4. The van der Waals surface area contributed by atoms with Gasteiger partial charge in [-0.1, -0.05) is 25.1 Å². The molecule has 0 saturated carbocycles. The van der Waals surface area contributed by atoms with Crippen molar-refractivity contribution in [3.8, 4) is 0 Å². The van der Waals surface area contributed by atoms with Crippen molar-refractivity contribution in [1.82, 2.24) is 9.88 Å². The Morgan fingerprint density at radius 3 is 2.83 bits per heavy atom. The molecule has 4 heteroatoms. The molecule has 1 aromatic heterocycles. The summed E-state index contributed by atoms with van der Waals surface area (Å²) < 4.78 is 0. The third-order valence-corrected chi connectivity index (χ3v) is 3.30. The summed E-state index contributed by atoms with van der Waals surface area (Å²) in [6.45, 7) is 2.53. The summed E-state index contributed by atoms with van der Waals surface area (Å²) in [6.07, 6.45) is 2.56. The van der Waals surface area contributed by atoms with Crippen LogP contribution in [-0.4, -0.2) is 34.0 Å². The van der Waals surface area contributed by atoms with E-state index in [0.29, 0.717) is 13.0 Å². The van der Waals surface area contributed by atoms with Gasteiger partial charge in [0.2, 0.25) is 0 Å². The van der Waals surface area contributed by atoms with Crippen molar-refractivity contribution < 1.29 is 9.90 Å². The van der Waals surface area contributed by atoms with E-state index in [1.165, 1.54) is 0 Å². The van der Waals surface area contributed by atoms with Crippen LogP contribution in [0.1, 0.15) is 18.9 Å². The van der Waals surface area contributed by atoms with Crippen molar-refractivity contribution in [3.05, 3.63) is 36.0 Å². The van der Waals surface area contributed by atoms with Gasteiger partial charge < -0.3 is 10.1 Å². The minimum atomic E-state index is -0.764. The van der Waals surface area contributed by atoms with E-state index in [1.807, 2.05) is 43.3 Å². The lowest BCUT2D eigenvalue weighted by molar-refractivity contribution is -0.143. The van der Waals surface area contributed by atoms with Gasteiger partial charge in [0.15, 0.2) is 0 Å². The van der Waals surface area contributed by atoms with E-state index in [2.05, 4.69) is 11.1 Å². The summed E-state index contributed by atoms with van der Waals surface area (Å²) in [5, 5.41) is 10.3. The Labute approximate surface area is 106 Å². The first-order chi connectivity index (χ1) is 8.63. The number of hydrogen-bond donors (Lipinski definition) is 2. The molecule has 0 amide bonds. The van der Waals surface area contributed by atoms with E-state index in [4.69, 9.17) is 5.11 Å². The normalized spacial score (nSPS) is 13.1. The molecule has 1 atom stereocenters. The van der Waals surface area contributed by atoms with Crippen molar-refractivity contribution in [3.63, 3.8) is 0 Å². The highest BCUT2D eigenvalue weighted by molar-refractivity contribution is 5.83. The Bertz CT molecular complexity index is 547. The molecule has 0 bridgehead atoms. The summed E-state index contributed by atoms with van der Waals surface area (Å²) in [4.78, 5) is 16.2. The minimum absolute atomic E-state index is 0.432. The quantitative estimate of drug-likeness (QED) is 0.852. The zero-order valence-corrected chi connectivity index (χ0v) is 10.7. The number of hydrogen-bond acceptors (Lipinski definition) is 2. The van der Waals surface area contributed by atoms with Gasteiger partial charge in [0.25, 0.3) is 0 Å². The molecule has 0 spiro atoms. The lowest BCUT2D eigenvalue weighted by Gasteiger charge is -2.23. The number of H-pyrrole nitrogens is 1. The first-order valence-corrected chi connectivity index (χ1v) is 6.11. The third-order valence-electron chi connectivity index (χ3n) is 3.30. The van der Waals surface area contributed by atoms with Gasteiger partial charge in [0.05, 0.1) is 0 Å². The Morgan fingerprint density at radius 2 is 2.17 bits per heavy atom. The molecule has 1 aromatic carbocycles. The predicted octanol–water partition coefficient (Wildman–Crippen LogP) is 2.46. The molecular formula is C14H18N2O2. The molecule has 0 fully saturated rings. The highest BCUT2D eigenvalue weighted by Gasteiger charge is 2.21. The maximum atomic E-state index is 11.1. The van der Waals surface area contributed by atoms with Crippen molar-refractivity contribution >= 4 is 16.9 Å². The van der Waals surface area contributed by atoms with Crippen LogP contribution in [0.15, 0.2) is 30.5 Å². The Kier molecular flexibility index (Phi) is 3.67. The average Bonchev–Trinajstić information content (AvgIpc) is 2.73. The molecule has 18 heavy (non-hydrogen) atoms. The third kappa shape index (κ3) is 2.38. The number of rotatable bonds is 5. The molecule has 0 saturated heterocycles. The fraction of sp³-hybridized carbons (Fsp3) is 0.357. The summed E-state index contributed by atoms with van der Waals surface area (Å²) >= 11 is 0. The van der Waals surface area contributed by atoms with Crippen molar-refractivity contribution in [2.24, 2.45) is 0 Å². The number of nitrogens with zero attached hydrogens (tertiary/aromatic N) is 1. The van der Waals surface area contributed by atoms with Gasteiger partial charge in [-0.3, -0.25) is 9.69 Å². The Hall–Kier alpha value is -1.81. The zero-order chi connectivity index (χ0) is 13.1. The lowest BCUT2D eigenvalue weighted by atomic mass is 10.1. The highest BCUT2D eigenvalue weighted by Crippen LogP contribution is 2.20. The maximum absolute atomic E-state index is 11.1. The van der Waals surface area contributed by atoms with Gasteiger partial charge in [-0.25, -0.2) is 0 Å². The standard InChI is InChI=1S/C14H18N2O2/c1-3-13(14(17)18)16(2)9-10-8-15-12-7-5-4-6-11(10)12/h4-8,13,15H,3,9H2,1-2H3,(H,17,18). The number of benzene rings is 1. The first-order valence-electron chi connectivity index (χ1n) is 6.11. The molecule has 4 nitrogen and oxygen atoms in total. The average molecular weight is 246 g/mol. The second-order valence-electron chi connectivity index (χ2n) is 4.54. The van der Waals surface area contributed by atoms with Gasteiger partial charge in [-0.05, 0) is 25.1 Å². The SMILES string of the molecule is CCC(C(=O)O)N(C)Cc1c[nH]c2ccccc12. The van der Waals surface area contributed by atoms with E-state index >= 15 is 0 Å². The number of carboxylic acids is 1. The summed E-state index contributed by atoms with van der Waals surface area (Å²) in [7, 11) is 1.85. The number of fused-ring (bicyclic) bond motifs is 1.